The molecule has 4 nitrogen and oxygen atoms in total. The van der Waals surface area contributed by atoms with Crippen LogP contribution in [-0.2, 0) is 15.9 Å². The summed E-state index contributed by atoms with van der Waals surface area (Å²) in [5.74, 6) is 1.91. The van der Waals surface area contributed by atoms with E-state index in [-0.39, 0.29) is 12.2 Å². The number of allylic oxidation sites excluding steroid dienone is 4. The Bertz CT molecular complexity index is 965. The van der Waals surface area contributed by atoms with E-state index in [9.17, 15) is 0 Å². The predicted octanol–water partition coefficient (Wildman–Crippen LogP) is 5.46. The van der Waals surface area contributed by atoms with Crippen LogP contribution in [0.1, 0.15) is 42.9 Å². The van der Waals surface area contributed by atoms with Gasteiger partial charge in [-0.1, -0.05) is 43.7 Å². The third-order valence-corrected chi connectivity index (χ3v) is 5.99. The second-order valence-electron chi connectivity index (χ2n) is 8.51. The molecule has 3 aliphatic rings. The van der Waals surface area contributed by atoms with Crippen LogP contribution in [0.5, 0.6) is 11.5 Å². The van der Waals surface area contributed by atoms with Crippen LogP contribution in [0.25, 0.3) is 11.1 Å². The van der Waals surface area contributed by atoms with Crippen molar-refractivity contribution < 1.29 is 18.9 Å². The lowest BCUT2D eigenvalue weighted by Gasteiger charge is -2.18. The quantitative estimate of drug-likeness (QED) is 0.481. The predicted molar refractivity (Wildman–Crippen MR) is 123 cm³/mol. The molecule has 2 unspecified atom stereocenters. The van der Waals surface area contributed by atoms with E-state index in [1.165, 1.54) is 27.8 Å². The number of aryl methyl sites for hydroxylation is 1. The normalized spacial score (nSPS) is 21.8. The van der Waals surface area contributed by atoms with Crippen molar-refractivity contribution in [3.63, 3.8) is 0 Å². The average molecular weight is 419 g/mol. The smallest absolute Gasteiger partial charge is 0.122 e. The lowest BCUT2D eigenvalue weighted by Crippen LogP contribution is -2.06. The molecule has 0 saturated carbocycles. The van der Waals surface area contributed by atoms with Crippen LogP contribution >= 0.6 is 0 Å². The van der Waals surface area contributed by atoms with E-state index in [1.807, 2.05) is 0 Å². The SMILES string of the molecule is CCCc1cc(C2=CC=C(c3ccc(OCC4CO4)cc3)CC2)ccc1OCC1CO1. The van der Waals surface area contributed by atoms with Crippen molar-refractivity contribution in [1.82, 2.24) is 0 Å². The van der Waals surface area contributed by atoms with Crippen LogP contribution in [-0.4, -0.2) is 38.6 Å². The minimum absolute atomic E-state index is 0.284. The van der Waals surface area contributed by atoms with Gasteiger partial charge in [0.15, 0.2) is 0 Å². The van der Waals surface area contributed by atoms with Crippen molar-refractivity contribution in [3.05, 3.63) is 71.3 Å². The van der Waals surface area contributed by atoms with Gasteiger partial charge >= 0.3 is 0 Å². The van der Waals surface area contributed by atoms with Gasteiger partial charge in [-0.05, 0) is 71.4 Å². The van der Waals surface area contributed by atoms with Gasteiger partial charge in [0.2, 0.25) is 0 Å². The monoisotopic (exact) mass is 418 g/mol. The molecule has 31 heavy (non-hydrogen) atoms. The molecule has 4 heteroatoms. The summed E-state index contributed by atoms with van der Waals surface area (Å²) in [6, 6.07) is 15.1. The third kappa shape index (κ3) is 5.38. The first-order chi connectivity index (χ1) is 15.3. The molecule has 0 bridgehead atoms. The van der Waals surface area contributed by atoms with E-state index in [0.717, 1.165) is 50.4 Å². The molecule has 0 aromatic heterocycles. The van der Waals surface area contributed by atoms with E-state index in [4.69, 9.17) is 18.9 Å². The standard InChI is InChI=1S/C27H30O4/c1-2-3-23-14-22(10-13-27(23)31-18-26-17-30-26)21-6-4-19(5-7-21)20-8-11-24(12-9-20)28-15-25-16-29-25/h4,6,8-14,25-26H,2-3,5,7,15-18H2,1H3. The highest BCUT2D eigenvalue weighted by atomic mass is 16.6. The summed E-state index contributed by atoms with van der Waals surface area (Å²) in [6.07, 6.45) is 9.34. The van der Waals surface area contributed by atoms with Gasteiger partial charge in [0, 0.05) is 0 Å². The zero-order chi connectivity index (χ0) is 21.0. The van der Waals surface area contributed by atoms with Gasteiger partial charge < -0.3 is 18.9 Å². The number of benzene rings is 2. The second-order valence-corrected chi connectivity index (χ2v) is 8.51. The maximum atomic E-state index is 6.00. The van der Waals surface area contributed by atoms with Crippen molar-refractivity contribution in [3.8, 4) is 11.5 Å². The molecule has 2 fully saturated rings. The fourth-order valence-corrected chi connectivity index (χ4v) is 3.97. The van der Waals surface area contributed by atoms with Crippen molar-refractivity contribution in [1.29, 1.82) is 0 Å². The lowest BCUT2D eigenvalue weighted by atomic mass is 9.89. The molecule has 2 aromatic rings. The molecule has 0 N–H and O–H groups in total. The van der Waals surface area contributed by atoms with Crippen LogP contribution in [0.4, 0.5) is 0 Å². The Labute approximate surface area is 184 Å². The molecule has 2 aliphatic heterocycles. The first-order valence-electron chi connectivity index (χ1n) is 11.4. The Balaban J connectivity index is 1.27. The van der Waals surface area contributed by atoms with Crippen molar-refractivity contribution in [2.24, 2.45) is 0 Å². The molecule has 162 valence electrons. The van der Waals surface area contributed by atoms with Gasteiger partial charge in [0.25, 0.3) is 0 Å². The summed E-state index contributed by atoms with van der Waals surface area (Å²) in [6.45, 7) is 5.17. The largest absolute Gasteiger partial charge is 0.491 e. The number of hydrogen-bond acceptors (Lipinski definition) is 4. The molecule has 2 atom stereocenters. The fraction of sp³-hybridized carbons (Fsp3) is 0.407. The number of ether oxygens (including phenoxy) is 4. The first-order valence-corrected chi connectivity index (χ1v) is 11.4. The zero-order valence-electron chi connectivity index (χ0n) is 18.1. The molecule has 0 amide bonds. The van der Waals surface area contributed by atoms with Gasteiger partial charge in [0.1, 0.15) is 36.9 Å². The van der Waals surface area contributed by atoms with Gasteiger partial charge in [0.05, 0.1) is 13.2 Å². The Morgan fingerprint density at radius 1 is 0.806 bits per heavy atom. The highest BCUT2D eigenvalue weighted by Gasteiger charge is 2.24. The summed E-state index contributed by atoms with van der Waals surface area (Å²) < 4.78 is 22.2. The van der Waals surface area contributed by atoms with Gasteiger partial charge in [-0.3, -0.25) is 0 Å². The molecule has 2 heterocycles. The van der Waals surface area contributed by atoms with Crippen LogP contribution < -0.4 is 9.47 Å². The maximum Gasteiger partial charge on any atom is 0.122 e. The van der Waals surface area contributed by atoms with Crippen LogP contribution in [0.2, 0.25) is 0 Å². The van der Waals surface area contributed by atoms with E-state index in [2.05, 4.69) is 61.5 Å². The summed E-state index contributed by atoms with van der Waals surface area (Å²) in [5, 5.41) is 0. The number of hydrogen-bond donors (Lipinski definition) is 0. The molecular weight excluding hydrogens is 388 g/mol. The lowest BCUT2D eigenvalue weighted by molar-refractivity contribution is 0.261. The van der Waals surface area contributed by atoms with Gasteiger partial charge in [-0.2, -0.15) is 0 Å². The highest BCUT2D eigenvalue weighted by molar-refractivity contribution is 5.78. The van der Waals surface area contributed by atoms with Gasteiger partial charge in [-0.15, -0.1) is 0 Å². The van der Waals surface area contributed by atoms with E-state index in [0.29, 0.717) is 13.2 Å². The summed E-state index contributed by atoms with van der Waals surface area (Å²) >= 11 is 0. The van der Waals surface area contributed by atoms with Crippen LogP contribution in [0, 0.1) is 0 Å². The maximum absolute atomic E-state index is 6.00. The van der Waals surface area contributed by atoms with E-state index < -0.39 is 0 Å². The Morgan fingerprint density at radius 2 is 1.42 bits per heavy atom. The molecule has 0 radical (unpaired) electrons. The molecule has 0 spiro atoms. The number of epoxide rings is 2. The molecule has 2 saturated heterocycles. The van der Waals surface area contributed by atoms with Crippen molar-refractivity contribution >= 4 is 11.1 Å². The van der Waals surface area contributed by atoms with Crippen LogP contribution in [0.15, 0.2) is 54.6 Å². The summed E-state index contributed by atoms with van der Waals surface area (Å²) in [5.41, 5.74) is 6.63. The Kier molecular flexibility index (Phi) is 6.10. The molecular formula is C27H30O4. The molecule has 5 rings (SSSR count). The van der Waals surface area contributed by atoms with Crippen molar-refractivity contribution in [2.75, 3.05) is 26.4 Å². The molecule has 2 aromatic carbocycles. The van der Waals surface area contributed by atoms with Crippen molar-refractivity contribution in [2.45, 2.75) is 44.8 Å². The third-order valence-electron chi connectivity index (χ3n) is 5.99. The molecule has 1 aliphatic carbocycles. The topological polar surface area (TPSA) is 43.5 Å². The zero-order valence-corrected chi connectivity index (χ0v) is 18.1. The Hall–Kier alpha value is -2.56. The average Bonchev–Trinajstić information content (AvgIpc) is 3.73. The fourth-order valence-electron chi connectivity index (χ4n) is 3.97. The number of rotatable bonds is 10. The Morgan fingerprint density at radius 3 is 2.03 bits per heavy atom. The van der Waals surface area contributed by atoms with E-state index >= 15 is 0 Å². The second kappa shape index (κ2) is 9.29. The van der Waals surface area contributed by atoms with Crippen LogP contribution in [0.3, 0.4) is 0 Å². The highest BCUT2D eigenvalue weighted by Crippen LogP contribution is 2.34. The van der Waals surface area contributed by atoms with E-state index in [1.54, 1.807) is 0 Å². The minimum atomic E-state index is 0.284. The summed E-state index contributed by atoms with van der Waals surface area (Å²) in [4.78, 5) is 0. The summed E-state index contributed by atoms with van der Waals surface area (Å²) in [7, 11) is 0. The van der Waals surface area contributed by atoms with Gasteiger partial charge in [-0.25, -0.2) is 0 Å². The minimum Gasteiger partial charge on any atom is -0.491 e. The first kappa shape index (κ1) is 20.3.